The molecule has 8 heteroatoms. The first kappa shape index (κ1) is 14.1. The van der Waals surface area contributed by atoms with E-state index in [9.17, 15) is 14.7 Å². The molecule has 20 heavy (non-hydrogen) atoms. The molecule has 0 unspecified atom stereocenters. The van der Waals surface area contributed by atoms with E-state index >= 15 is 0 Å². The second-order valence-electron chi connectivity index (χ2n) is 3.83. The van der Waals surface area contributed by atoms with Gasteiger partial charge in [-0.3, -0.25) is 14.7 Å². The molecule has 0 atom stereocenters. The number of thioether (sulfide) groups is 1. The van der Waals surface area contributed by atoms with E-state index < -0.39 is 5.97 Å². The van der Waals surface area contributed by atoms with E-state index in [0.29, 0.717) is 11.4 Å². The number of carbonyl (C=O) groups is 2. The molecule has 0 aliphatic carbocycles. The Morgan fingerprint density at radius 3 is 2.70 bits per heavy atom. The van der Waals surface area contributed by atoms with Crippen LogP contribution in [-0.2, 0) is 9.59 Å². The van der Waals surface area contributed by atoms with Crippen molar-refractivity contribution in [3.05, 3.63) is 18.2 Å². The lowest BCUT2D eigenvalue weighted by Gasteiger charge is -2.04. The van der Waals surface area contributed by atoms with E-state index in [1.807, 2.05) is 0 Å². The maximum absolute atomic E-state index is 10.9. The highest BCUT2D eigenvalue weighted by molar-refractivity contribution is 8.13. The van der Waals surface area contributed by atoms with Gasteiger partial charge in [-0.15, -0.1) is 5.10 Å². The Morgan fingerprint density at radius 2 is 2.10 bits per heavy atom. The zero-order chi connectivity index (χ0) is 14.7. The van der Waals surface area contributed by atoms with Gasteiger partial charge in [0.1, 0.15) is 11.5 Å². The summed E-state index contributed by atoms with van der Waals surface area (Å²) in [6.45, 7) is 2.68. The minimum Gasteiger partial charge on any atom is -0.507 e. The number of aromatic hydroxyl groups is 1. The number of rotatable bonds is 3. The molecule has 1 aromatic carbocycles. The van der Waals surface area contributed by atoms with Crippen LogP contribution in [0.5, 0.6) is 11.5 Å². The van der Waals surface area contributed by atoms with Crippen molar-refractivity contribution in [2.75, 3.05) is 0 Å². The fraction of sp³-hybridized carbons (Fsp3) is 0.167. The van der Waals surface area contributed by atoms with Crippen molar-refractivity contribution in [2.24, 2.45) is 0 Å². The normalized spacial score (nSPS) is 10.3. The van der Waals surface area contributed by atoms with Crippen LogP contribution in [0.2, 0.25) is 0 Å². The third kappa shape index (κ3) is 3.35. The van der Waals surface area contributed by atoms with Gasteiger partial charge in [0.05, 0.1) is 5.56 Å². The topological polar surface area (TPSA) is 105 Å². The van der Waals surface area contributed by atoms with E-state index in [1.165, 1.54) is 32.0 Å². The SMILES string of the molecule is CC(=O)Oc1ccc(-c2nc(SC(C)=O)n[nH]2)c(O)c1. The molecule has 104 valence electrons. The number of aromatic amines is 1. The smallest absolute Gasteiger partial charge is 0.308 e. The van der Waals surface area contributed by atoms with Crippen molar-refractivity contribution >= 4 is 22.8 Å². The highest BCUT2D eigenvalue weighted by atomic mass is 32.2. The molecule has 1 heterocycles. The molecule has 0 bridgehead atoms. The van der Waals surface area contributed by atoms with Gasteiger partial charge in [-0.05, 0) is 23.9 Å². The van der Waals surface area contributed by atoms with Gasteiger partial charge in [0.25, 0.3) is 0 Å². The lowest BCUT2D eigenvalue weighted by atomic mass is 10.2. The van der Waals surface area contributed by atoms with Crippen molar-refractivity contribution in [3.8, 4) is 22.9 Å². The predicted octanol–water partition coefficient (Wildman–Crippen LogP) is 1.74. The second-order valence-corrected chi connectivity index (χ2v) is 4.98. The number of ether oxygens (including phenoxy) is 1. The zero-order valence-corrected chi connectivity index (χ0v) is 11.5. The van der Waals surface area contributed by atoms with Crippen molar-refractivity contribution in [3.63, 3.8) is 0 Å². The minimum atomic E-state index is -0.475. The summed E-state index contributed by atoms with van der Waals surface area (Å²) < 4.78 is 4.85. The van der Waals surface area contributed by atoms with Crippen LogP contribution < -0.4 is 4.74 Å². The third-order valence-electron chi connectivity index (χ3n) is 2.19. The van der Waals surface area contributed by atoms with Crippen LogP contribution in [0.1, 0.15) is 13.8 Å². The molecule has 0 radical (unpaired) electrons. The maximum atomic E-state index is 10.9. The van der Waals surface area contributed by atoms with E-state index in [0.717, 1.165) is 11.8 Å². The largest absolute Gasteiger partial charge is 0.507 e. The van der Waals surface area contributed by atoms with Gasteiger partial charge in [-0.2, -0.15) is 0 Å². The number of hydrogen-bond donors (Lipinski definition) is 2. The molecule has 0 saturated heterocycles. The van der Waals surface area contributed by atoms with Crippen molar-refractivity contribution in [2.45, 2.75) is 19.0 Å². The highest BCUT2D eigenvalue weighted by Gasteiger charge is 2.13. The summed E-state index contributed by atoms with van der Waals surface area (Å²) in [6, 6.07) is 4.37. The van der Waals surface area contributed by atoms with Gasteiger partial charge in [0.15, 0.2) is 10.9 Å². The van der Waals surface area contributed by atoms with Crippen LogP contribution in [0.25, 0.3) is 11.4 Å². The monoisotopic (exact) mass is 293 g/mol. The number of benzene rings is 1. The number of H-pyrrole nitrogens is 1. The van der Waals surface area contributed by atoms with Gasteiger partial charge in [0, 0.05) is 19.9 Å². The molecular weight excluding hydrogens is 282 g/mol. The van der Waals surface area contributed by atoms with E-state index in [-0.39, 0.29) is 21.8 Å². The second kappa shape index (κ2) is 5.74. The molecular formula is C12H11N3O4S. The quantitative estimate of drug-likeness (QED) is 0.504. The average Bonchev–Trinajstić information content (AvgIpc) is 2.75. The summed E-state index contributed by atoms with van der Waals surface area (Å²) in [5.41, 5.74) is 0.392. The van der Waals surface area contributed by atoms with Gasteiger partial charge >= 0.3 is 5.97 Å². The number of hydrogen-bond acceptors (Lipinski definition) is 7. The molecule has 0 spiro atoms. The number of phenolic OH excluding ortho intramolecular Hbond substituents is 1. The standard InChI is InChI=1S/C12H11N3O4S/c1-6(16)19-8-3-4-9(10(18)5-8)11-13-12(15-14-11)20-7(2)17/h3-5,18H,1-2H3,(H,13,14,15). The molecule has 0 aliphatic rings. The van der Waals surface area contributed by atoms with Crippen LogP contribution in [0, 0.1) is 0 Å². The first-order valence-electron chi connectivity index (χ1n) is 5.58. The first-order chi connectivity index (χ1) is 9.45. The fourth-order valence-electron chi connectivity index (χ4n) is 1.48. The van der Waals surface area contributed by atoms with Crippen LogP contribution in [0.4, 0.5) is 0 Å². The molecule has 1 aromatic heterocycles. The molecule has 0 aliphatic heterocycles. The summed E-state index contributed by atoms with van der Waals surface area (Å²) >= 11 is 0.888. The molecule has 2 N–H and O–H groups in total. The number of nitrogens with one attached hydrogen (secondary N) is 1. The lowest BCUT2D eigenvalue weighted by molar-refractivity contribution is -0.131. The Balaban J connectivity index is 2.26. The number of aromatic nitrogens is 3. The predicted molar refractivity (Wildman–Crippen MR) is 71.3 cm³/mol. The zero-order valence-electron chi connectivity index (χ0n) is 10.7. The van der Waals surface area contributed by atoms with Gasteiger partial charge < -0.3 is 9.84 Å². The molecule has 0 amide bonds. The highest BCUT2D eigenvalue weighted by Crippen LogP contribution is 2.31. The third-order valence-corrected chi connectivity index (χ3v) is 2.84. The molecule has 0 fully saturated rings. The minimum absolute atomic E-state index is 0.112. The summed E-state index contributed by atoms with van der Waals surface area (Å²) in [5.74, 6) is -0.0338. The van der Waals surface area contributed by atoms with Gasteiger partial charge in [0.2, 0.25) is 5.16 Å². The average molecular weight is 293 g/mol. The van der Waals surface area contributed by atoms with Crippen LogP contribution >= 0.6 is 11.8 Å². The number of phenols is 1. The Kier molecular flexibility index (Phi) is 4.04. The van der Waals surface area contributed by atoms with Crippen molar-refractivity contribution in [1.82, 2.24) is 15.2 Å². The van der Waals surface area contributed by atoms with Gasteiger partial charge in [-0.1, -0.05) is 0 Å². The summed E-state index contributed by atoms with van der Waals surface area (Å²) in [6.07, 6.45) is 0. The van der Waals surface area contributed by atoms with Crippen molar-refractivity contribution in [1.29, 1.82) is 0 Å². The summed E-state index contributed by atoms with van der Waals surface area (Å²) in [5, 5.41) is 16.5. The Morgan fingerprint density at radius 1 is 1.35 bits per heavy atom. The molecule has 7 nitrogen and oxygen atoms in total. The number of carbonyl (C=O) groups excluding carboxylic acids is 2. The van der Waals surface area contributed by atoms with E-state index in [1.54, 1.807) is 0 Å². The van der Waals surface area contributed by atoms with Crippen LogP contribution in [-0.4, -0.2) is 31.4 Å². The fourth-order valence-corrected chi connectivity index (χ4v) is 1.97. The van der Waals surface area contributed by atoms with E-state index in [2.05, 4.69) is 15.2 Å². The Bertz CT molecular complexity index is 668. The maximum Gasteiger partial charge on any atom is 0.308 e. The Labute approximate surface area is 118 Å². The molecule has 2 rings (SSSR count). The summed E-state index contributed by atoms with van der Waals surface area (Å²) in [4.78, 5) is 25.8. The number of esters is 1. The molecule has 2 aromatic rings. The van der Waals surface area contributed by atoms with Gasteiger partial charge in [-0.25, -0.2) is 4.98 Å². The molecule has 0 saturated carbocycles. The van der Waals surface area contributed by atoms with Crippen LogP contribution in [0.15, 0.2) is 23.4 Å². The van der Waals surface area contributed by atoms with E-state index in [4.69, 9.17) is 4.74 Å². The van der Waals surface area contributed by atoms with Crippen molar-refractivity contribution < 1.29 is 19.4 Å². The number of nitrogens with zero attached hydrogens (tertiary/aromatic N) is 2. The lowest BCUT2D eigenvalue weighted by Crippen LogP contribution is -2.01. The first-order valence-corrected chi connectivity index (χ1v) is 6.40. The Hall–Kier alpha value is -2.35. The van der Waals surface area contributed by atoms with Crippen LogP contribution in [0.3, 0.4) is 0 Å². The summed E-state index contributed by atoms with van der Waals surface area (Å²) in [7, 11) is 0.